The van der Waals surface area contributed by atoms with Crippen molar-refractivity contribution in [3.63, 3.8) is 0 Å². The van der Waals surface area contributed by atoms with Crippen molar-refractivity contribution in [2.45, 2.75) is 20.3 Å². The number of hydrogen-bond acceptors (Lipinski definition) is 5. The number of nitro groups is 1. The van der Waals surface area contributed by atoms with Crippen molar-refractivity contribution in [3.8, 4) is 5.75 Å². The van der Waals surface area contributed by atoms with Crippen LogP contribution in [0.5, 0.6) is 5.75 Å². The number of methoxy groups -OCH3 is 1. The highest BCUT2D eigenvalue weighted by molar-refractivity contribution is 5.59. The van der Waals surface area contributed by atoms with Gasteiger partial charge >= 0.3 is 5.69 Å². The van der Waals surface area contributed by atoms with E-state index in [1.165, 1.54) is 19.6 Å². The van der Waals surface area contributed by atoms with Crippen LogP contribution in [0.3, 0.4) is 0 Å². The Bertz CT molecular complexity index is 432. The molecule has 1 heterocycles. The maximum atomic E-state index is 10.8. The zero-order valence-corrected chi connectivity index (χ0v) is 12.4. The van der Waals surface area contributed by atoms with E-state index in [1.807, 2.05) is 0 Å². The summed E-state index contributed by atoms with van der Waals surface area (Å²) < 4.78 is 5.05. The van der Waals surface area contributed by atoms with Crippen molar-refractivity contribution in [3.05, 3.63) is 28.3 Å². The molecule has 6 nitrogen and oxygen atoms in total. The van der Waals surface area contributed by atoms with Crippen LogP contribution in [0.2, 0.25) is 0 Å². The van der Waals surface area contributed by atoms with E-state index in [0.717, 1.165) is 31.9 Å². The highest BCUT2D eigenvalue weighted by Gasteiger charge is 2.18. The number of nitrogens with zero attached hydrogens (tertiary/aromatic N) is 2. The third-order valence-electron chi connectivity index (χ3n) is 2.84. The first-order valence-electron chi connectivity index (χ1n) is 6.92. The van der Waals surface area contributed by atoms with Gasteiger partial charge in [0.25, 0.3) is 0 Å². The number of anilines is 1. The zero-order chi connectivity index (χ0) is 15.0. The van der Waals surface area contributed by atoms with Crippen molar-refractivity contribution < 1.29 is 9.66 Å². The molecule has 0 radical (unpaired) electrons. The molecule has 1 aliphatic rings. The lowest BCUT2D eigenvalue weighted by Crippen LogP contribution is -2.43. The molecule has 1 saturated heterocycles. The van der Waals surface area contributed by atoms with Gasteiger partial charge in [0.2, 0.25) is 0 Å². The first-order chi connectivity index (χ1) is 9.63. The Morgan fingerprint density at radius 1 is 1.35 bits per heavy atom. The number of benzene rings is 1. The van der Waals surface area contributed by atoms with Gasteiger partial charge in [0.15, 0.2) is 5.75 Å². The molecule has 1 N–H and O–H groups in total. The van der Waals surface area contributed by atoms with Crippen LogP contribution in [0.15, 0.2) is 18.2 Å². The number of hydrogen-bond donors (Lipinski definition) is 1. The van der Waals surface area contributed by atoms with E-state index in [-0.39, 0.29) is 5.69 Å². The van der Waals surface area contributed by atoms with E-state index in [0.29, 0.717) is 5.75 Å². The number of nitro benzene ring substituents is 1. The second-order valence-electron chi connectivity index (χ2n) is 4.56. The van der Waals surface area contributed by atoms with Crippen LogP contribution >= 0.6 is 0 Å². The standard InChI is InChI=1S/C11H15N3O3.C3H8/c1-17-11-8-9(2-3-10(11)14(15)16)13-6-4-12-5-7-13;1-3-2/h2-3,8,12H,4-7H2,1H3;3H2,1-2H3. The molecule has 0 amide bonds. The molecule has 0 saturated carbocycles. The fourth-order valence-corrected chi connectivity index (χ4v) is 1.94. The maximum absolute atomic E-state index is 10.8. The largest absolute Gasteiger partial charge is 0.490 e. The molecule has 1 aliphatic heterocycles. The quantitative estimate of drug-likeness (QED) is 0.681. The van der Waals surface area contributed by atoms with Crippen molar-refractivity contribution in [1.29, 1.82) is 0 Å². The Labute approximate surface area is 119 Å². The van der Waals surface area contributed by atoms with E-state index in [2.05, 4.69) is 24.1 Å². The molecule has 1 fully saturated rings. The Morgan fingerprint density at radius 2 is 1.95 bits per heavy atom. The van der Waals surface area contributed by atoms with E-state index in [4.69, 9.17) is 4.74 Å². The van der Waals surface area contributed by atoms with Crippen LogP contribution in [0, 0.1) is 10.1 Å². The summed E-state index contributed by atoms with van der Waals surface area (Å²) in [5.41, 5.74) is 0.973. The Morgan fingerprint density at radius 3 is 2.45 bits per heavy atom. The second kappa shape index (κ2) is 8.37. The van der Waals surface area contributed by atoms with Gasteiger partial charge in [-0.05, 0) is 6.07 Å². The summed E-state index contributed by atoms with van der Waals surface area (Å²) in [7, 11) is 1.45. The summed E-state index contributed by atoms with van der Waals surface area (Å²) in [6.07, 6.45) is 1.25. The molecule has 0 unspecified atom stereocenters. The number of rotatable bonds is 3. The average molecular weight is 281 g/mol. The normalized spacial score (nSPS) is 14.2. The smallest absolute Gasteiger partial charge is 0.311 e. The van der Waals surface area contributed by atoms with Gasteiger partial charge in [0.05, 0.1) is 12.0 Å². The van der Waals surface area contributed by atoms with Gasteiger partial charge in [0, 0.05) is 44.0 Å². The fourth-order valence-electron chi connectivity index (χ4n) is 1.94. The number of nitrogens with one attached hydrogen (secondary N) is 1. The molecule has 2 rings (SSSR count). The summed E-state index contributed by atoms with van der Waals surface area (Å²) in [5.74, 6) is 0.311. The third kappa shape index (κ3) is 4.38. The lowest BCUT2D eigenvalue weighted by atomic mass is 10.2. The number of piperazine rings is 1. The molecular weight excluding hydrogens is 258 g/mol. The number of ether oxygens (including phenoxy) is 1. The van der Waals surface area contributed by atoms with Crippen molar-refractivity contribution in [2.24, 2.45) is 0 Å². The summed E-state index contributed by atoms with van der Waals surface area (Å²) >= 11 is 0. The molecule has 0 atom stereocenters. The van der Waals surface area contributed by atoms with Gasteiger partial charge in [-0.3, -0.25) is 10.1 Å². The predicted molar refractivity (Wildman–Crippen MR) is 80.7 cm³/mol. The minimum Gasteiger partial charge on any atom is -0.490 e. The molecule has 0 aliphatic carbocycles. The summed E-state index contributed by atoms with van der Waals surface area (Å²) in [6.45, 7) is 7.92. The highest BCUT2D eigenvalue weighted by Crippen LogP contribution is 2.31. The molecule has 1 aromatic rings. The molecule has 20 heavy (non-hydrogen) atoms. The monoisotopic (exact) mass is 281 g/mol. The SMILES string of the molecule is CCC.COc1cc(N2CCNCC2)ccc1[N+](=O)[O-]. The first-order valence-corrected chi connectivity index (χ1v) is 6.92. The van der Waals surface area contributed by atoms with Gasteiger partial charge in [-0.15, -0.1) is 0 Å². The van der Waals surface area contributed by atoms with E-state index < -0.39 is 4.92 Å². The Balaban J connectivity index is 0.000000612. The van der Waals surface area contributed by atoms with E-state index in [9.17, 15) is 10.1 Å². The topological polar surface area (TPSA) is 67.6 Å². The van der Waals surface area contributed by atoms with Crippen molar-refractivity contribution >= 4 is 11.4 Å². The van der Waals surface area contributed by atoms with Crippen molar-refractivity contribution in [1.82, 2.24) is 5.32 Å². The van der Waals surface area contributed by atoms with E-state index in [1.54, 1.807) is 12.1 Å². The second-order valence-corrected chi connectivity index (χ2v) is 4.56. The third-order valence-corrected chi connectivity index (χ3v) is 2.84. The minimum absolute atomic E-state index is 0.00591. The van der Waals surface area contributed by atoms with Crippen molar-refractivity contribution in [2.75, 3.05) is 38.2 Å². The van der Waals surface area contributed by atoms with Gasteiger partial charge in [-0.25, -0.2) is 0 Å². The Kier molecular flexibility index (Phi) is 6.79. The van der Waals surface area contributed by atoms with Gasteiger partial charge in [-0.2, -0.15) is 0 Å². The lowest BCUT2D eigenvalue weighted by Gasteiger charge is -2.29. The molecule has 112 valence electrons. The van der Waals surface area contributed by atoms with Gasteiger partial charge < -0.3 is 15.0 Å². The summed E-state index contributed by atoms with van der Waals surface area (Å²) in [6, 6.07) is 4.99. The molecule has 0 aromatic heterocycles. The average Bonchev–Trinajstić information content (AvgIpc) is 2.48. The molecule has 0 spiro atoms. The summed E-state index contributed by atoms with van der Waals surface area (Å²) in [4.78, 5) is 12.5. The Hall–Kier alpha value is -1.82. The minimum atomic E-state index is -0.430. The molecular formula is C14H23N3O3. The summed E-state index contributed by atoms with van der Waals surface area (Å²) in [5, 5.41) is 14.0. The van der Waals surface area contributed by atoms with Crippen LogP contribution in [-0.2, 0) is 0 Å². The lowest BCUT2D eigenvalue weighted by molar-refractivity contribution is -0.385. The van der Waals surface area contributed by atoms with Gasteiger partial charge in [-0.1, -0.05) is 20.3 Å². The van der Waals surface area contributed by atoms with Crippen LogP contribution < -0.4 is 15.0 Å². The molecule has 0 bridgehead atoms. The van der Waals surface area contributed by atoms with Crippen LogP contribution in [0.4, 0.5) is 11.4 Å². The van der Waals surface area contributed by atoms with Crippen LogP contribution in [-0.4, -0.2) is 38.2 Å². The van der Waals surface area contributed by atoms with E-state index >= 15 is 0 Å². The van der Waals surface area contributed by atoms with Crippen LogP contribution in [0.1, 0.15) is 20.3 Å². The molecule has 6 heteroatoms. The first kappa shape index (κ1) is 16.2. The van der Waals surface area contributed by atoms with Gasteiger partial charge in [0.1, 0.15) is 0 Å². The molecule has 1 aromatic carbocycles. The zero-order valence-electron chi connectivity index (χ0n) is 12.4. The fraction of sp³-hybridized carbons (Fsp3) is 0.571. The maximum Gasteiger partial charge on any atom is 0.311 e. The highest BCUT2D eigenvalue weighted by atomic mass is 16.6. The van der Waals surface area contributed by atoms with Crippen LogP contribution in [0.25, 0.3) is 0 Å². The predicted octanol–water partition coefficient (Wildman–Crippen LogP) is 2.43.